The first-order chi connectivity index (χ1) is 8.83. The van der Waals surface area contributed by atoms with E-state index in [-0.39, 0.29) is 11.8 Å². The van der Waals surface area contributed by atoms with Gasteiger partial charge in [-0.2, -0.15) is 11.8 Å². The number of ether oxygens (including phenoxy) is 1. The standard InChI is InChI=1S/C13H18F3NOS/c1-9(2)19-8-11(17-3)10-6-4-5-7-12(10)18-13(14,15)16/h4-7,9,11,17H,8H2,1-3H3. The van der Waals surface area contributed by atoms with Crippen LogP contribution in [0.2, 0.25) is 0 Å². The van der Waals surface area contributed by atoms with Crippen LogP contribution in [0.15, 0.2) is 24.3 Å². The van der Waals surface area contributed by atoms with Gasteiger partial charge in [0.05, 0.1) is 0 Å². The Balaban J connectivity index is 2.90. The number of benzene rings is 1. The van der Waals surface area contributed by atoms with E-state index >= 15 is 0 Å². The minimum atomic E-state index is -4.67. The van der Waals surface area contributed by atoms with Crippen molar-refractivity contribution in [1.29, 1.82) is 0 Å². The maximum Gasteiger partial charge on any atom is 0.573 e. The van der Waals surface area contributed by atoms with E-state index in [2.05, 4.69) is 23.9 Å². The fraction of sp³-hybridized carbons (Fsp3) is 0.538. The van der Waals surface area contributed by atoms with Crippen LogP contribution in [0.25, 0.3) is 0 Å². The first-order valence-electron chi connectivity index (χ1n) is 5.97. The van der Waals surface area contributed by atoms with E-state index in [1.807, 2.05) is 0 Å². The highest BCUT2D eigenvalue weighted by Gasteiger charge is 2.32. The Morgan fingerprint density at radius 3 is 2.42 bits per heavy atom. The normalized spacial score (nSPS) is 13.6. The number of alkyl halides is 3. The van der Waals surface area contributed by atoms with Crippen molar-refractivity contribution in [2.75, 3.05) is 12.8 Å². The van der Waals surface area contributed by atoms with Gasteiger partial charge in [-0.15, -0.1) is 13.2 Å². The van der Waals surface area contributed by atoms with E-state index in [0.29, 0.717) is 16.6 Å². The molecule has 0 amide bonds. The van der Waals surface area contributed by atoms with Gasteiger partial charge >= 0.3 is 6.36 Å². The van der Waals surface area contributed by atoms with Crippen molar-refractivity contribution in [2.45, 2.75) is 31.5 Å². The molecule has 0 radical (unpaired) electrons. The van der Waals surface area contributed by atoms with E-state index in [1.165, 1.54) is 12.1 Å². The predicted molar refractivity (Wildman–Crippen MR) is 72.5 cm³/mol. The fourth-order valence-electron chi connectivity index (χ4n) is 1.60. The molecule has 1 aromatic rings. The van der Waals surface area contributed by atoms with E-state index in [4.69, 9.17) is 0 Å². The lowest BCUT2D eigenvalue weighted by atomic mass is 10.1. The molecule has 0 aliphatic carbocycles. The molecule has 0 fully saturated rings. The minimum absolute atomic E-state index is 0.140. The topological polar surface area (TPSA) is 21.3 Å². The van der Waals surface area contributed by atoms with Gasteiger partial charge in [-0.25, -0.2) is 0 Å². The van der Waals surface area contributed by atoms with Gasteiger partial charge in [-0.3, -0.25) is 0 Å². The number of halogens is 3. The summed E-state index contributed by atoms with van der Waals surface area (Å²) in [5.41, 5.74) is 0.524. The minimum Gasteiger partial charge on any atom is -0.405 e. The lowest BCUT2D eigenvalue weighted by Crippen LogP contribution is -2.23. The van der Waals surface area contributed by atoms with Crippen LogP contribution in [0.1, 0.15) is 25.5 Å². The van der Waals surface area contributed by atoms with Gasteiger partial charge in [0.2, 0.25) is 0 Å². The second kappa shape index (κ2) is 7.05. The number of hydrogen-bond acceptors (Lipinski definition) is 3. The first-order valence-corrected chi connectivity index (χ1v) is 7.02. The van der Waals surface area contributed by atoms with Gasteiger partial charge in [-0.05, 0) is 18.4 Å². The van der Waals surface area contributed by atoms with Crippen LogP contribution in [0.5, 0.6) is 5.75 Å². The summed E-state index contributed by atoms with van der Waals surface area (Å²) in [5.74, 6) is 0.547. The Hall–Kier alpha value is -0.880. The molecule has 1 unspecified atom stereocenters. The number of nitrogens with one attached hydrogen (secondary N) is 1. The van der Waals surface area contributed by atoms with Crippen molar-refractivity contribution < 1.29 is 17.9 Å². The third kappa shape index (κ3) is 5.74. The SMILES string of the molecule is CNC(CSC(C)C)c1ccccc1OC(F)(F)F. The molecule has 19 heavy (non-hydrogen) atoms. The summed E-state index contributed by atoms with van der Waals surface area (Å²) in [7, 11) is 1.73. The lowest BCUT2D eigenvalue weighted by Gasteiger charge is -2.21. The Kier molecular flexibility index (Phi) is 6.00. The van der Waals surface area contributed by atoms with E-state index in [0.717, 1.165) is 0 Å². The zero-order valence-corrected chi connectivity index (χ0v) is 11.9. The maximum atomic E-state index is 12.4. The molecule has 0 saturated carbocycles. The molecule has 1 atom stereocenters. The molecule has 1 rings (SSSR count). The molecule has 108 valence electrons. The van der Waals surface area contributed by atoms with Crippen molar-refractivity contribution in [2.24, 2.45) is 0 Å². The van der Waals surface area contributed by atoms with Gasteiger partial charge in [0.15, 0.2) is 0 Å². The molecular weight excluding hydrogens is 275 g/mol. The Bertz CT molecular complexity index is 396. The quantitative estimate of drug-likeness (QED) is 0.857. The highest BCUT2D eigenvalue weighted by molar-refractivity contribution is 7.99. The average molecular weight is 293 g/mol. The third-order valence-corrected chi connectivity index (χ3v) is 3.66. The maximum absolute atomic E-state index is 12.4. The second-order valence-corrected chi connectivity index (χ2v) is 5.92. The van der Waals surface area contributed by atoms with Crippen molar-refractivity contribution >= 4 is 11.8 Å². The zero-order chi connectivity index (χ0) is 14.5. The molecule has 0 aliphatic rings. The summed E-state index contributed by atoms with van der Waals surface area (Å²) in [4.78, 5) is 0. The van der Waals surface area contributed by atoms with Gasteiger partial charge in [-0.1, -0.05) is 32.0 Å². The second-order valence-electron chi connectivity index (χ2n) is 4.31. The van der Waals surface area contributed by atoms with Crippen molar-refractivity contribution in [1.82, 2.24) is 5.32 Å². The summed E-state index contributed by atoms with van der Waals surface area (Å²) in [6.45, 7) is 4.10. The third-order valence-electron chi connectivity index (χ3n) is 2.46. The summed E-state index contributed by atoms with van der Waals surface area (Å²) in [5, 5.41) is 3.45. The lowest BCUT2D eigenvalue weighted by molar-refractivity contribution is -0.275. The molecule has 0 heterocycles. The van der Waals surface area contributed by atoms with Gasteiger partial charge in [0, 0.05) is 17.4 Å². The van der Waals surface area contributed by atoms with Crippen LogP contribution in [0, 0.1) is 0 Å². The zero-order valence-electron chi connectivity index (χ0n) is 11.1. The predicted octanol–water partition coefficient (Wildman–Crippen LogP) is 3.99. The van der Waals surface area contributed by atoms with Crippen LogP contribution in [0.3, 0.4) is 0 Å². The van der Waals surface area contributed by atoms with E-state index in [1.54, 1.807) is 30.9 Å². The largest absolute Gasteiger partial charge is 0.573 e. The Labute approximate surface area is 115 Å². The number of para-hydroxylation sites is 1. The van der Waals surface area contributed by atoms with Gasteiger partial charge in [0.1, 0.15) is 5.75 Å². The highest BCUT2D eigenvalue weighted by atomic mass is 32.2. The molecule has 0 aliphatic heterocycles. The molecule has 0 aromatic heterocycles. The monoisotopic (exact) mass is 293 g/mol. The van der Waals surface area contributed by atoms with Crippen LogP contribution in [-0.4, -0.2) is 24.4 Å². The number of thioether (sulfide) groups is 1. The summed E-state index contributed by atoms with van der Waals surface area (Å²) in [6, 6.07) is 6.07. The smallest absolute Gasteiger partial charge is 0.405 e. The van der Waals surface area contributed by atoms with Crippen LogP contribution < -0.4 is 10.1 Å². The molecule has 0 saturated heterocycles. The molecule has 6 heteroatoms. The Morgan fingerprint density at radius 1 is 1.26 bits per heavy atom. The van der Waals surface area contributed by atoms with Crippen LogP contribution >= 0.6 is 11.8 Å². The van der Waals surface area contributed by atoms with Crippen LogP contribution in [0.4, 0.5) is 13.2 Å². The number of hydrogen-bond donors (Lipinski definition) is 1. The molecule has 2 nitrogen and oxygen atoms in total. The van der Waals surface area contributed by atoms with Crippen molar-refractivity contribution in [3.8, 4) is 5.75 Å². The molecule has 1 N–H and O–H groups in total. The summed E-state index contributed by atoms with van der Waals surface area (Å²) in [6.07, 6.45) is -4.67. The Morgan fingerprint density at radius 2 is 1.89 bits per heavy atom. The summed E-state index contributed by atoms with van der Waals surface area (Å²) < 4.78 is 41.1. The molecule has 0 spiro atoms. The summed E-state index contributed by atoms with van der Waals surface area (Å²) >= 11 is 1.69. The van der Waals surface area contributed by atoms with Gasteiger partial charge < -0.3 is 10.1 Å². The van der Waals surface area contributed by atoms with E-state index < -0.39 is 6.36 Å². The first kappa shape index (κ1) is 16.2. The van der Waals surface area contributed by atoms with Crippen LogP contribution in [-0.2, 0) is 0 Å². The van der Waals surface area contributed by atoms with Crippen molar-refractivity contribution in [3.63, 3.8) is 0 Å². The molecule has 0 bridgehead atoms. The van der Waals surface area contributed by atoms with Gasteiger partial charge in [0.25, 0.3) is 0 Å². The molecule has 1 aromatic carbocycles. The molecular formula is C13H18F3NOS. The average Bonchev–Trinajstić information content (AvgIpc) is 2.29. The van der Waals surface area contributed by atoms with Crippen molar-refractivity contribution in [3.05, 3.63) is 29.8 Å². The fourth-order valence-corrected chi connectivity index (χ4v) is 2.53. The van der Waals surface area contributed by atoms with E-state index in [9.17, 15) is 13.2 Å². The highest BCUT2D eigenvalue weighted by Crippen LogP contribution is 2.32. The number of rotatable bonds is 6.